The maximum atomic E-state index is 13.1. The minimum absolute atomic E-state index is 0.0585. The van der Waals surface area contributed by atoms with Gasteiger partial charge in [-0.1, -0.05) is 26.0 Å². The van der Waals surface area contributed by atoms with E-state index in [-0.39, 0.29) is 23.8 Å². The zero-order valence-electron chi connectivity index (χ0n) is 19.6. The first-order chi connectivity index (χ1) is 15.9. The van der Waals surface area contributed by atoms with E-state index in [0.717, 1.165) is 18.7 Å². The Balaban J connectivity index is 1.75. The standard InChI is InChI=1S/C24H33N3O5S/c1-16(2)22(26-23(28)21-6-5-13-33-21)24(29)25-15-18(27-9-11-32-12-10-27)17-7-8-19(30-3)20(14-17)31-4/h5-8,13-14,16,18,22H,9-12,15H2,1-4H3,(H,25,29)(H,26,28). The van der Waals surface area contributed by atoms with Crippen molar-refractivity contribution in [1.82, 2.24) is 15.5 Å². The van der Waals surface area contributed by atoms with Crippen molar-refractivity contribution >= 4 is 23.2 Å². The van der Waals surface area contributed by atoms with Gasteiger partial charge in [-0.3, -0.25) is 14.5 Å². The van der Waals surface area contributed by atoms with Gasteiger partial charge in [0, 0.05) is 19.6 Å². The number of carbonyl (C=O) groups is 2. The smallest absolute Gasteiger partial charge is 0.262 e. The van der Waals surface area contributed by atoms with E-state index >= 15 is 0 Å². The van der Waals surface area contributed by atoms with Crippen LogP contribution in [0.15, 0.2) is 35.7 Å². The van der Waals surface area contributed by atoms with Gasteiger partial charge in [-0.25, -0.2) is 0 Å². The Bertz CT molecular complexity index is 913. The molecule has 0 saturated carbocycles. The van der Waals surface area contributed by atoms with Gasteiger partial charge in [-0.2, -0.15) is 0 Å². The molecule has 2 N–H and O–H groups in total. The number of amides is 2. The van der Waals surface area contributed by atoms with E-state index in [1.54, 1.807) is 20.3 Å². The topological polar surface area (TPSA) is 89.1 Å². The van der Waals surface area contributed by atoms with E-state index in [0.29, 0.717) is 36.1 Å². The zero-order valence-corrected chi connectivity index (χ0v) is 20.4. The Morgan fingerprint density at radius 3 is 2.45 bits per heavy atom. The highest BCUT2D eigenvalue weighted by atomic mass is 32.1. The van der Waals surface area contributed by atoms with Gasteiger partial charge in [0.05, 0.1) is 38.4 Å². The van der Waals surface area contributed by atoms with Crippen LogP contribution in [0.1, 0.15) is 35.1 Å². The van der Waals surface area contributed by atoms with Gasteiger partial charge in [0.1, 0.15) is 6.04 Å². The molecule has 180 valence electrons. The molecule has 2 aromatic rings. The quantitative estimate of drug-likeness (QED) is 0.549. The van der Waals surface area contributed by atoms with Crippen molar-refractivity contribution in [2.45, 2.75) is 25.9 Å². The SMILES string of the molecule is COc1ccc(C(CNC(=O)C(NC(=O)c2cccs2)C(C)C)N2CCOCC2)cc1OC. The van der Waals surface area contributed by atoms with Crippen molar-refractivity contribution in [3.63, 3.8) is 0 Å². The predicted octanol–water partition coefficient (Wildman–Crippen LogP) is 2.71. The number of hydrogen-bond donors (Lipinski definition) is 2. The molecule has 1 aliphatic heterocycles. The van der Waals surface area contributed by atoms with Gasteiger partial charge in [0.2, 0.25) is 5.91 Å². The maximum absolute atomic E-state index is 13.1. The minimum Gasteiger partial charge on any atom is -0.493 e. The van der Waals surface area contributed by atoms with Crippen LogP contribution < -0.4 is 20.1 Å². The molecule has 33 heavy (non-hydrogen) atoms. The molecule has 2 unspecified atom stereocenters. The number of benzene rings is 1. The van der Waals surface area contributed by atoms with E-state index < -0.39 is 6.04 Å². The molecule has 0 aliphatic carbocycles. The largest absolute Gasteiger partial charge is 0.493 e. The van der Waals surface area contributed by atoms with Crippen LogP contribution in [0.3, 0.4) is 0 Å². The second-order valence-corrected chi connectivity index (χ2v) is 9.14. The number of ether oxygens (including phenoxy) is 3. The van der Waals surface area contributed by atoms with Gasteiger partial charge in [0.25, 0.3) is 5.91 Å². The summed E-state index contributed by atoms with van der Waals surface area (Å²) >= 11 is 1.35. The van der Waals surface area contributed by atoms with Gasteiger partial charge >= 0.3 is 0 Å². The molecule has 1 aromatic carbocycles. The second kappa shape index (κ2) is 12.0. The van der Waals surface area contributed by atoms with Crippen molar-refractivity contribution < 1.29 is 23.8 Å². The monoisotopic (exact) mass is 475 g/mol. The van der Waals surface area contributed by atoms with Crippen LogP contribution in [0.4, 0.5) is 0 Å². The molecule has 2 heterocycles. The lowest BCUT2D eigenvalue weighted by Gasteiger charge is -2.35. The molecule has 1 aromatic heterocycles. The van der Waals surface area contributed by atoms with E-state index in [1.165, 1.54) is 11.3 Å². The molecule has 9 heteroatoms. The number of nitrogens with zero attached hydrogens (tertiary/aromatic N) is 1. The summed E-state index contributed by atoms with van der Waals surface area (Å²) in [6.45, 7) is 7.05. The normalized spacial score (nSPS) is 16.2. The van der Waals surface area contributed by atoms with Gasteiger partial charge in [-0.05, 0) is 35.1 Å². The summed E-state index contributed by atoms with van der Waals surface area (Å²) in [4.78, 5) is 28.5. The van der Waals surface area contributed by atoms with Gasteiger partial charge in [0.15, 0.2) is 11.5 Å². The minimum atomic E-state index is -0.629. The summed E-state index contributed by atoms with van der Waals surface area (Å²) < 4.78 is 16.4. The fraction of sp³-hybridized carbons (Fsp3) is 0.500. The Kier molecular flexibility index (Phi) is 9.11. The van der Waals surface area contributed by atoms with E-state index in [9.17, 15) is 9.59 Å². The molecule has 1 fully saturated rings. The molecule has 1 saturated heterocycles. The maximum Gasteiger partial charge on any atom is 0.262 e. The number of nitrogens with one attached hydrogen (secondary N) is 2. The van der Waals surface area contributed by atoms with Crippen LogP contribution in [0, 0.1) is 5.92 Å². The van der Waals surface area contributed by atoms with E-state index in [2.05, 4.69) is 15.5 Å². The first-order valence-corrected chi connectivity index (χ1v) is 12.0. The number of rotatable bonds is 10. The van der Waals surface area contributed by atoms with Crippen LogP contribution in [0.2, 0.25) is 0 Å². The van der Waals surface area contributed by atoms with E-state index in [1.807, 2.05) is 43.5 Å². The average Bonchev–Trinajstić information content (AvgIpc) is 3.38. The fourth-order valence-electron chi connectivity index (χ4n) is 3.87. The summed E-state index contributed by atoms with van der Waals surface area (Å²) in [5.74, 6) is 0.805. The van der Waals surface area contributed by atoms with Gasteiger partial charge < -0.3 is 24.8 Å². The van der Waals surface area contributed by atoms with E-state index in [4.69, 9.17) is 14.2 Å². The van der Waals surface area contributed by atoms with Crippen molar-refractivity contribution in [2.75, 3.05) is 47.1 Å². The summed E-state index contributed by atoms with van der Waals surface area (Å²) in [6.07, 6.45) is 0. The number of methoxy groups -OCH3 is 2. The zero-order chi connectivity index (χ0) is 23.8. The highest BCUT2D eigenvalue weighted by Crippen LogP contribution is 2.32. The Morgan fingerprint density at radius 1 is 1.12 bits per heavy atom. The average molecular weight is 476 g/mol. The van der Waals surface area contributed by atoms with Crippen LogP contribution in [0.5, 0.6) is 11.5 Å². The molecule has 3 rings (SSSR count). The first-order valence-electron chi connectivity index (χ1n) is 11.1. The fourth-order valence-corrected chi connectivity index (χ4v) is 4.50. The van der Waals surface area contributed by atoms with Crippen LogP contribution in [-0.2, 0) is 9.53 Å². The highest BCUT2D eigenvalue weighted by Gasteiger charge is 2.28. The third kappa shape index (κ3) is 6.46. The Morgan fingerprint density at radius 2 is 1.85 bits per heavy atom. The lowest BCUT2D eigenvalue weighted by molar-refractivity contribution is -0.124. The van der Waals surface area contributed by atoms with Crippen molar-refractivity contribution in [2.24, 2.45) is 5.92 Å². The van der Waals surface area contributed by atoms with Crippen molar-refractivity contribution in [1.29, 1.82) is 0 Å². The molecule has 0 radical (unpaired) electrons. The van der Waals surface area contributed by atoms with Crippen LogP contribution >= 0.6 is 11.3 Å². The second-order valence-electron chi connectivity index (χ2n) is 8.20. The number of hydrogen-bond acceptors (Lipinski definition) is 7. The molecule has 0 bridgehead atoms. The molecular weight excluding hydrogens is 442 g/mol. The number of morpholine rings is 1. The molecule has 8 nitrogen and oxygen atoms in total. The van der Waals surface area contributed by atoms with Crippen molar-refractivity contribution in [3.8, 4) is 11.5 Å². The molecule has 1 aliphatic rings. The highest BCUT2D eigenvalue weighted by molar-refractivity contribution is 7.12. The predicted molar refractivity (Wildman–Crippen MR) is 128 cm³/mol. The molecule has 2 amide bonds. The Hall–Kier alpha value is -2.62. The molecular formula is C24H33N3O5S. The Labute approximate surface area is 199 Å². The van der Waals surface area contributed by atoms with Crippen LogP contribution in [-0.4, -0.2) is 69.8 Å². The summed E-state index contributed by atoms with van der Waals surface area (Å²) in [6, 6.07) is 8.69. The number of carbonyl (C=O) groups excluding carboxylic acids is 2. The summed E-state index contributed by atoms with van der Waals surface area (Å²) in [7, 11) is 3.21. The van der Waals surface area contributed by atoms with Crippen LogP contribution in [0.25, 0.3) is 0 Å². The summed E-state index contributed by atoms with van der Waals surface area (Å²) in [5.41, 5.74) is 1.01. The van der Waals surface area contributed by atoms with Crippen molar-refractivity contribution in [3.05, 3.63) is 46.2 Å². The third-order valence-corrected chi connectivity index (χ3v) is 6.60. The first kappa shape index (κ1) is 25.0. The molecule has 0 spiro atoms. The number of thiophene rings is 1. The summed E-state index contributed by atoms with van der Waals surface area (Å²) in [5, 5.41) is 7.80. The third-order valence-electron chi connectivity index (χ3n) is 5.73. The lowest BCUT2D eigenvalue weighted by atomic mass is 10.0. The lowest BCUT2D eigenvalue weighted by Crippen LogP contribution is -2.51. The van der Waals surface area contributed by atoms with Gasteiger partial charge in [-0.15, -0.1) is 11.3 Å². The molecule has 2 atom stereocenters.